The molecule has 0 aliphatic rings. The van der Waals surface area contributed by atoms with Crippen molar-refractivity contribution < 1.29 is 19.4 Å². The standard InChI is InChI=1S/C13H27NO4/c1-4-18-12(16)13(10-14,9-11(2)3)5-7-17-8-6-15/h11,15H,4-10,14H2,1-3H3. The quantitative estimate of drug-likeness (QED) is 0.452. The lowest BCUT2D eigenvalue weighted by Crippen LogP contribution is -2.42. The van der Waals surface area contributed by atoms with Gasteiger partial charge in [-0.3, -0.25) is 4.79 Å². The summed E-state index contributed by atoms with van der Waals surface area (Å²) in [5.41, 5.74) is 5.13. The van der Waals surface area contributed by atoms with Crippen LogP contribution in [0.2, 0.25) is 0 Å². The minimum atomic E-state index is -0.667. The molecule has 0 aromatic carbocycles. The summed E-state index contributed by atoms with van der Waals surface area (Å²) in [7, 11) is 0. The van der Waals surface area contributed by atoms with Gasteiger partial charge in [0.25, 0.3) is 0 Å². The Hall–Kier alpha value is -0.650. The van der Waals surface area contributed by atoms with Crippen LogP contribution in [0.25, 0.3) is 0 Å². The van der Waals surface area contributed by atoms with E-state index in [1.807, 2.05) is 0 Å². The highest BCUT2D eigenvalue weighted by Crippen LogP contribution is 2.31. The van der Waals surface area contributed by atoms with Crippen molar-refractivity contribution in [3.05, 3.63) is 0 Å². The Morgan fingerprint density at radius 2 is 2.06 bits per heavy atom. The lowest BCUT2D eigenvalue weighted by atomic mass is 9.77. The highest BCUT2D eigenvalue weighted by atomic mass is 16.5. The molecule has 3 N–H and O–H groups in total. The number of carbonyl (C=O) groups excluding carboxylic acids is 1. The van der Waals surface area contributed by atoms with Gasteiger partial charge in [-0.15, -0.1) is 0 Å². The Morgan fingerprint density at radius 1 is 1.39 bits per heavy atom. The summed E-state index contributed by atoms with van der Waals surface area (Å²) in [6, 6.07) is 0. The predicted molar refractivity (Wildman–Crippen MR) is 70.1 cm³/mol. The summed E-state index contributed by atoms with van der Waals surface area (Å²) in [6.45, 7) is 7.18. The van der Waals surface area contributed by atoms with Gasteiger partial charge >= 0.3 is 5.97 Å². The van der Waals surface area contributed by atoms with Crippen LogP contribution >= 0.6 is 0 Å². The molecule has 0 rings (SSSR count). The van der Waals surface area contributed by atoms with Crippen LogP contribution in [0.3, 0.4) is 0 Å². The van der Waals surface area contributed by atoms with Gasteiger partial charge in [-0.25, -0.2) is 0 Å². The summed E-state index contributed by atoms with van der Waals surface area (Å²) < 4.78 is 10.4. The lowest BCUT2D eigenvalue weighted by molar-refractivity contribution is -0.157. The molecule has 108 valence electrons. The van der Waals surface area contributed by atoms with E-state index in [4.69, 9.17) is 20.3 Å². The molecule has 5 nitrogen and oxygen atoms in total. The Morgan fingerprint density at radius 3 is 2.50 bits per heavy atom. The maximum absolute atomic E-state index is 12.1. The van der Waals surface area contributed by atoms with Crippen LogP contribution in [-0.4, -0.2) is 44.0 Å². The maximum Gasteiger partial charge on any atom is 0.313 e. The highest BCUT2D eigenvalue weighted by molar-refractivity contribution is 5.77. The Balaban J connectivity index is 4.59. The molecule has 0 saturated carbocycles. The summed E-state index contributed by atoms with van der Waals surface area (Å²) in [6.07, 6.45) is 1.21. The van der Waals surface area contributed by atoms with E-state index in [1.165, 1.54) is 0 Å². The van der Waals surface area contributed by atoms with Crippen molar-refractivity contribution in [3.63, 3.8) is 0 Å². The molecule has 5 heteroatoms. The number of ether oxygens (including phenoxy) is 2. The largest absolute Gasteiger partial charge is 0.466 e. The number of aliphatic hydroxyl groups is 1. The van der Waals surface area contributed by atoms with E-state index in [0.717, 1.165) is 0 Å². The van der Waals surface area contributed by atoms with Crippen molar-refractivity contribution >= 4 is 5.97 Å². The van der Waals surface area contributed by atoms with E-state index < -0.39 is 5.41 Å². The van der Waals surface area contributed by atoms with Gasteiger partial charge in [0.1, 0.15) is 0 Å². The average molecular weight is 261 g/mol. The van der Waals surface area contributed by atoms with Crippen LogP contribution in [-0.2, 0) is 14.3 Å². The Kier molecular flexibility index (Phi) is 8.97. The third-order valence-electron chi connectivity index (χ3n) is 2.86. The highest BCUT2D eigenvalue weighted by Gasteiger charge is 2.38. The number of carbonyl (C=O) groups is 1. The van der Waals surface area contributed by atoms with Gasteiger partial charge in [0.05, 0.1) is 25.2 Å². The average Bonchev–Trinajstić information content (AvgIpc) is 2.33. The Bertz CT molecular complexity index is 233. The third-order valence-corrected chi connectivity index (χ3v) is 2.86. The first kappa shape index (κ1) is 17.4. The van der Waals surface area contributed by atoms with Crippen LogP contribution in [0.5, 0.6) is 0 Å². The van der Waals surface area contributed by atoms with Gasteiger partial charge in [-0.05, 0) is 25.7 Å². The monoisotopic (exact) mass is 261 g/mol. The van der Waals surface area contributed by atoms with E-state index in [9.17, 15) is 4.79 Å². The zero-order valence-electron chi connectivity index (χ0n) is 11.8. The molecule has 0 amide bonds. The van der Waals surface area contributed by atoms with Gasteiger partial charge in [0.15, 0.2) is 0 Å². The fraction of sp³-hybridized carbons (Fsp3) is 0.923. The number of hydrogen-bond acceptors (Lipinski definition) is 5. The third kappa shape index (κ3) is 5.80. The molecule has 0 saturated heterocycles. The van der Waals surface area contributed by atoms with Gasteiger partial charge < -0.3 is 20.3 Å². The first-order valence-electron chi connectivity index (χ1n) is 6.58. The fourth-order valence-electron chi connectivity index (χ4n) is 2.06. The van der Waals surface area contributed by atoms with E-state index in [0.29, 0.717) is 32.0 Å². The molecule has 0 aliphatic heterocycles. The zero-order valence-corrected chi connectivity index (χ0v) is 11.8. The molecule has 0 heterocycles. The van der Waals surface area contributed by atoms with E-state index >= 15 is 0 Å². The minimum Gasteiger partial charge on any atom is -0.466 e. The van der Waals surface area contributed by atoms with Crippen molar-refractivity contribution in [1.29, 1.82) is 0 Å². The van der Waals surface area contributed by atoms with Crippen molar-refractivity contribution in [3.8, 4) is 0 Å². The Labute approximate surface area is 110 Å². The molecule has 0 aromatic heterocycles. The first-order valence-corrected chi connectivity index (χ1v) is 6.58. The topological polar surface area (TPSA) is 81.8 Å². The first-order chi connectivity index (χ1) is 8.52. The van der Waals surface area contributed by atoms with Crippen molar-refractivity contribution in [1.82, 2.24) is 0 Å². The van der Waals surface area contributed by atoms with Crippen molar-refractivity contribution in [2.45, 2.75) is 33.6 Å². The second-order valence-corrected chi connectivity index (χ2v) is 4.89. The van der Waals surface area contributed by atoms with E-state index in [1.54, 1.807) is 6.92 Å². The summed E-state index contributed by atoms with van der Waals surface area (Å²) in [5, 5.41) is 8.65. The van der Waals surface area contributed by atoms with Crippen LogP contribution in [0, 0.1) is 11.3 Å². The molecule has 0 fully saturated rings. The number of esters is 1. The smallest absolute Gasteiger partial charge is 0.313 e. The van der Waals surface area contributed by atoms with Crippen LogP contribution in [0.1, 0.15) is 33.6 Å². The van der Waals surface area contributed by atoms with Crippen molar-refractivity contribution in [2.75, 3.05) is 33.0 Å². The molecule has 0 spiro atoms. The molecular weight excluding hydrogens is 234 g/mol. The molecule has 0 aromatic rings. The van der Waals surface area contributed by atoms with Crippen LogP contribution in [0.15, 0.2) is 0 Å². The van der Waals surface area contributed by atoms with Gasteiger partial charge in [-0.1, -0.05) is 13.8 Å². The number of aliphatic hydroxyl groups excluding tert-OH is 1. The number of nitrogens with two attached hydrogens (primary N) is 1. The fourth-order valence-corrected chi connectivity index (χ4v) is 2.06. The van der Waals surface area contributed by atoms with Crippen LogP contribution in [0.4, 0.5) is 0 Å². The molecule has 0 radical (unpaired) electrons. The van der Waals surface area contributed by atoms with Gasteiger partial charge in [0.2, 0.25) is 0 Å². The van der Waals surface area contributed by atoms with Crippen LogP contribution < -0.4 is 5.73 Å². The molecule has 18 heavy (non-hydrogen) atoms. The number of hydrogen-bond donors (Lipinski definition) is 2. The minimum absolute atomic E-state index is 0.0147. The van der Waals surface area contributed by atoms with Gasteiger partial charge in [0, 0.05) is 13.2 Å². The molecule has 1 atom stereocenters. The second-order valence-electron chi connectivity index (χ2n) is 4.89. The zero-order chi connectivity index (χ0) is 14.0. The summed E-state index contributed by atoms with van der Waals surface area (Å²) in [5.74, 6) is 0.115. The SMILES string of the molecule is CCOC(=O)C(CN)(CCOCCO)CC(C)C. The van der Waals surface area contributed by atoms with Crippen molar-refractivity contribution in [2.24, 2.45) is 17.1 Å². The van der Waals surface area contributed by atoms with E-state index in [-0.39, 0.29) is 25.7 Å². The molecule has 0 bridgehead atoms. The molecule has 0 aliphatic carbocycles. The predicted octanol–water partition coefficient (Wildman–Crippen LogP) is 0.940. The second kappa shape index (κ2) is 9.30. The van der Waals surface area contributed by atoms with E-state index in [2.05, 4.69) is 13.8 Å². The maximum atomic E-state index is 12.1. The molecular formula is C13H27NO4. The normalized spacial score (nSPS) is 14.6. The summed E-state index contributed by atoms with van der Waals surface area (Å²) >= 11 is 0. The summed E-state index contributed by atoms with van der Waals surface area (Å²) in [4.78, 5) is 12.1. The number of rotatable bonds is 10. The lowest BCUT2D eigenvalue weighted by Gasteiger charge is -2.31. The van der Waals surface area contributed by atoms with Gasteiger partial charge in [-0.2, -0.15) is 0 Å². The molecule has 1 unspecified atom stereocenters.